The summed E-state index contributed by atoms with van der Waals surface area (Å²) in [5, 5.41) is 3.53. The molecule has 146 valence electrons. The highest BCUT2D eigenvalue weighted by atomic mass is 16.5. The molecule has 0 spiro atoms. The number of urea groups is 1. The van der Waals surface area contributed by atoms with Gasteiger partial charge in [0.15, 0.2) is 0 Å². The lowest BCUT2D eigenvalue weighted by molar-refractivity contribution is -0.139. The van der Waals surface area contributed by atoms with Crippen LogP contribution in [0.4, 0.5) is 10.5 Å². The standard InChI is InChI=1S/C19H27N5O3/c1-13-6-4-7-14(12-13)22-8-5-9-23-15-16(20-18(22)23)21(2)19(26)24(17(15)25)10-11-27-3/h4,6-7,12,15-16,18,20H,5,8-11H2,1-3H3. The molecule has 8 nitrogen and oxygen atoms in total. The van der Waals surface area contributed by atoms with Crippen LogP contribution >= 0.6 is 0 Å². The lowest BCUT2D eigenvalue weighted by atomic mass is 10.1. The van der Waals surface area contributed by atoms with Gasteiger partial charge in [0.1, 0.15) is 18.5 Å². The van der Waals surface area contributed by atoms with Gasteiger partial charge in [-0.25, -0.2) is 4.79 Å². The summed E-state index contributed by atoms with van der Waals surface area (Å²) in [5.74, 6) is -0.138. The molecule has 1 aromatic rings. The normalized spacial score (nSPS) is 28.6. The third kappa shape index (κ3) is 2.97. The first-order valence-corrected chi connectivity index (χ1v) is 9.45. The Morgan fingerprint density at radius 1 is 1.26 bits per heavy atom. The summed E-state index contributed by atoms with van der Waals surface area (Å²) >= 11 is 0. The zero-order chi connectivity index (χ0) is 19.1. The van der Waals surface area contributed by atoms with Crippen molar-refractivity contribution in [3.63, 3.8) is 0 Å². The Morgan fingerprint density at radius 2 is 2.07 bits per heavy atom. The second-order valence-corrected chi connectivity index (χ2v) is 7.43. The fourth-order valence-corrected chi connectivity index (χ4v) is 4.38. The molecule has 0 aromatic heterocycles. The zero-order valence-corrected chi connectivity index (χ0v) is 16.1. The molecule has 0 saturated carbocycles. The quantitative estimate of drug-likeness (QED) is 0.835. The van der Waals surface area contributed by atoms with Gasteiger partial charge in [-0.05, 0) is 31.0 Å². The van der Waals surface area contributed by atoms with E-state index >= 15 is 0 Å². The minimum Gasteiger partial charge on any atom is -0.383 e. The maximum Gasteiger partial charge on any atom is 0.327 e. The number of hydrogen-bond acceptors (Lipinski definition) is 6. The number of carbonyl (C=O) groups is 2. The first-order valence-electron chi connectivity index (χ1n) is 9.45. The van der Waals surface area contributed by atoms with Crippen molar-refractivity contribution in [2.24, 2.45) is 0 Å². The van der Waals surface area contributed by atoms with Gasteiger partial charge in [-0.2, -0.15) is 0 Å². The number of nitrogens with zero attached hydrogens (tertiary/aromatic N) is 4. The van der Waals surface area contributed by atoms with Crippen LogP contribution in [0.15, 0.2) is 24.3 Å². The van der Waals surface area contributed by atoms with Crippen LogP contribution in [0.5, 0.6) is 0 Å². The summed E-state index contributed by atoms with van der Waals surface area (Å²) in [4.78, 5) is 33.3. The van der Waals surface area contributed by atoms with Gasteiger partial charge >= 0.3 is 6.03 Å². The Balaban J connectivity index is 1.63. The van der Waals surface area contributed by atoms with E-state index in [2.05, 4.69) is 46.3 Å². The summed E-state index contributed by atoms with van der Waals surface area (Å²) < 4.78 is 5.08. The summed E-state index contributed by atoms with van der Waals surface area (Å²) in [7, 11) is 3.33. The number of imide groups is 1. The van der Waals surface area contributed by atoms with Crippen molar-refractivity contribution >= 4 is 17.6 Å². The molecule has 0 bridgehead atoms. The van der Waals surface area contributed by atoms with Crippen LogP contribution in [0.25, 0.3) is 0 Å². The van der Waals surface area contributed by atoms with Crippen molar-refractivity contribution in [1.29, 1.82) is 0 Å². The smallest absolute Gasteiger partial charge is 0.327 e. The van der Waals surface area contributed by atoms with E-state index in [0.29, 0.717) is 6.61 Å². The summed E-state index contributed by atoms with van der Waals surface area (Å²) in [6, 6.07) is 7.75. The molecule has 3 saturated heterocycles. The molecule has 3 unspecified atom stereocenters. The number of rotatable bonds is 4. The maximum atomic E-state index is 13.1. The molecule has 3 heterocycles. The third-order valence-corrected chi connectivity index (χ3v) is 5.72. The Bertz CT molecular complexity index is 742. The van der Waals surface area contributed by atoms with Crippen molar-refractivity contribution in [1.82, 2.24) is 20.0 Å². The second-order valence-electron chi connectivity index (χ2n) is 7.43. The lowest BCUT2D eigenvalue weighted by Gasteiger charge is -2.43. The van der Waals surface area contributed by atoms with E-state index < -0.39 is 0 Å². The van der Waals surface area contributed by atoms with Crippen LogP contribution in [0.2, 0.25) is 0 Å². The van der Waals surface area contributed by atoms with Crippen molar-refractivity contribution < 1.29 is 14.3 Å². The van der Waals surface area contributed by atoms with Gasteiger partial charge in [-0.3, -0.25) is 19.9 Å². The molecule has 3 amide bonds. The molecule has 3 aliphatic rings. The molecule has 0 radical (unpaired) electrons. The number of anilines is 1. The number of nitrogens with one attached hydrogen (secondary N) is 1. The molecule has 8 heteroatoms. The Kier molecular flexibility index (Phi) is 4.79. The largest absolute Gasteiger partial charge is 0.383 e. The first-order chi connectivity index (χ1) is 13.0. The number of ether oxygens (including phenoxy) is 1. The van der Waals surface area contributed by atoms with Crippen molar-refractivity contribution in [3.8, 4) is 0 Å². The highest BCUT2D eigenvalue weighted by molar-refractivity contribution is 6.00. The predicted octanol–water partition coefficient (Wildman–Crippen LogP) is 0.629. The van der Waals surface area contributed by atoms with Gasteiger partial charge in [0.05, 0.1) is 13.2 Å². The minimum atomic E-state index is -0.373. The van der Waals surface area contributed by atoms with Gasteiger partial charge in [0, 0.05) is 32.9 Å². The fourth-order valence-electron chi connectivity index (χ4n) is 4.38. The van der Waals surface area contributed by atoms with Crippen LogP contribution in [0, 0.1) is 6.92 Å². The molecular formula is C19H27N5O3. The van der Waals surface area contributed by atoms with E-state index in [1.54, 1.807) is 19.1 Å². The van der Waals surface area contributed by atoms with E-state index in [-0.39, 0.29) is 37.0 Å². The van der Waals surface area contributed by atoms with Crippen LogP contribution < -0.4 is 10.2 Å². The summed E-state index contributed by atoms with van der Waals surface area (Å²) in [6.45, 7) is 4.44. The van der Waals surface area contributed by atoms with Gasteiger partial charge in [0.25, 0.3) is 5.91 Å². The number of methoxy groups -OCH3 is 1. The number of benzene rings is 1. The predicted molar refractivity (Wildman–Crippen MR) is 101 cm³/mol. The lowest BCUT2D eigenvalue weighted by Crippen LogP contribution is -2.66. The van der Waals surface area contributed by atoms with Crippen LogP contribution in [-0.2, 0) is 9.53 Å². The molecule has 3 atom stereocenters. The third-order valence-electron chi connectivity index (χ3n) is 5.72. The van der Waals surface area contributed by atoms with Crippen molar-refractivity contribution in [3.05, 3.63) is 29.8 Å². The molecule has 3 aliphatic heterocycles. The Labute approximate surface area is 159 Å². The average molecular weight is 373 g/mol. The molecule has 1 N–H and O–H groups in total. The second kappa shape index (κ2) is 7.10. The number of hydrogen-bond donors (Lipinski definition) is 1. The molecule has 27 heavy (non-hydrogen) atoms. The molecule has 0 aliphatic carbocycles. The minimum absolute atomic E-state index is 0.0999. The molecule has 3 fully saturated rings. The number of amides is 3. The molecule has 4 rings (SSSR count). The average Bonchev–Trinajstić information content (AvgIpc) is 3.06. The van der Waals surface area contributed by atoms with Crippen LogP contribution in [-0.4, -0.2) is 85.5 Å². The van der Waals surface area contributed by atoms with Gasteiger partial charge in [0.2, 0.25) is 0 Å². The molecular weight excluding hydrogens is 346 g/mol. The highest BCUT2D eigenvalue weighted by Crippen LogP contribution is 2.33. The fraction of sp³-hybridized carbons (Fsp3) is 0.579. The Hall–Kier alpha value is -2.16. The topological polar surface area (TPSA) is 68.4 Å². The van der Waals surface area contributed by atoms with E-state index in [1.807, 2.05) is 0 Å². The monoisotopic (exact) mass is 373 g/mol. The van der Waals surface area contributed by atoms with Crippen LogP contribution in [0.1, 0.15) is 12.0 Å². The summed E-state index contributed by atoms with van der Waals surface area (Å²) in [5.41, 5.74) is 2.34. The number of aryl methyl sites for hydroxylation is 1. The van der Waals surface area contributed by atoms with E-state index in [1.165, 1.54) is 10.5 Å². The summed E-state index contributed by atoms with van der Waals surface area (Å²) in [6.07, 6.45) is 0.551. The number of carbonyl (C=O) groups excluding carboxylic acids is 2. The van der Waals surface area contributed by atoms with E-state index in [9.17, 15) is 9.59 Å². The first kappa shape index (κ1) is 18.2. The Morgan fingerprint density at radius 3 is 2.81 bits per heavy atom. The van der Waals surface area contributed by atoms with Gasteiger partial charge in [-0.15, -0.1) is 0 Å². The zero-order valence-electron chi connectivity index (χ0n) is 16.1. The SMILES string of the molecule is COCCN1C(=O)C2C(NC3N(c4cccc(C)c4)CCCN23)N(C)C1=O. The number of likely N-dealkylation sites (N-methyl/N-ethyl adjacent to an activating group) is 1. The van der Waals surface area contributed by atoms with E-state index in [4.69, 9.17) is 4.74 Å². The molecule has 1 aromatic carbocycles. The maximum absolute atomic E-state index is 13.1. The van der Waals surface area contributed by atoms with Crippen molar-refractivity contribution in [2.45, 2.75) is 31.8 Å². The van der Waals surface area contributed by atoms with E-state index in [0.717, 1.165) is 25.2 Å². The van der Waals surface area contributed by atoms with Gasteiger partial charge < -0.3 is 14.5 Å². The highest BCUT2D eigenvalue weighted by Gasteiger charge is 2.55. The number of fused-ring (bicyclic) bond motifs is 3. The van der Waals surface area contributed by atoms with Gasteiger partial charge in [-0.1, -0.05) is 12.1 Å². The van der Waals surface area contributed by atoms with Crippen LogP contribution in [0.3, 0.4) is 0 Å². The van der Waals surface area contributed by atoms with Crippen molar-refractivity contribution in [2.75, 3.05) is 45.3 Å².